The molecule has 9 nitrogen and oxygen atoms in total. The second-order valence-corrected chi connectivity index (χ2v) is 7.36. The van der Waals surface area contributed by atoms with Crippen molar-refractivity contribution in [3.05, 3.63) is 46.5 Å². The van der Waals surface area contributed by atoms with Crippen LogP contribution >= 0.6 is 0 Å². The molecule has 1 N–H and O–H groups in total. The molecule has 30 heavy (non-hydrogen) atoms. The van der Waals surface area contributed by atoms with E-state index in [1.165, 1.54) is 0 Å². The molecule has 0 saturated carbocycles. The number of methoxy groups -OCH3 is 1. The summed E-state index contributed by atoms with van der Waals surface area (Å²) in [6.07, 6.45) is 1.86. The maximum absolute atomic E-state index is 12.9. The molecule has 0 bridgehead atoms. The molecule has 1 aliphatic heterocycles. The maximum atomic E-state index is 12.9. The normalized spacial score (nSPS) is 14.8. The molecule has 0 unspecified atom stereocenters. The van der Waals surface area contributed by atoms with Gasteiger partial charge in [-0.2, -0.15) is 0 Å². The molecule has 3 aromatic rings. The fraction of sp³-hybridized carbons (Fsp3) is 0.381. The van der Waals surface area contributed by atoms with Crippen LogP contribution < -0.4 is 15.3 Å². The van der Waals surface area contributed by atoms with Crippen molar-refractivity contribution >= 4 is 28.6 Å². The van der Waals surface area contributed by atoms with Crippen molar-refractivity contribution in [2.75, 3.05) is 25.2 Å². The SMILES string of the molecule is COc1ccc(N(C(=O)O)c2cc3c(cn2)n(C)c(=O)n3C2CCOCC2)c(C)c1. The number of fused-ring (bicyclic) bond motifs is 1. The number of rotatable bonds is 4. The summed E-state index contributed by atoms with van der Waals surface area (Å²) in [6, 6.07) is 6.84. The van der Waals surface area contributed by atoms with Crippen LogP contribution in [0.1, 0.15) is 24.4 Å². The minimum absolute atomic E-state index is 0.00574. The van der Waals surface area contributed by atoms with Crippen LogP contribution in [0.15, 0.2) is 35.3 Å². The van der Waals surface area contributed by atoms with Crippen molar-refractivity contribution < 1.29 is 19.4 Å². The van der Waals surface area contributed by atoms with Crippen LogP contribution in [0, 0.1) is 6.92 Å². The van der Waals surface area contributed by atoms with Gasteiger partial charge in [0.05, 0.1) is 30.0 Å². The van der Waals surface area contributed by atoms with Crippen LogP contribution in [-0.4, -0.2) is 45.6 Å². The van der Waals surface area contributed by atoms with E-state index in [0.717, 1.165) is 23.3 Å². The Hall–Kier alpha value is -3.33. The number of amides is 1. The van der Waals surface area contributed by atoms with E-state index in [4.69, 9.17) is 9.47 Å². The highest BCUT2D eigenvalue weighted by atomic mass is 16.5. The monoisotopic (exact) mass is 412 g/mol. The summed E-state index contributed by atoms with van der Waals surface area (Å²) in [7, 11) is 3.26. The van der Waals surface area contributed by atoms with Crippen LogP contribution in [0.4, 0.5) is 16.3 Å². The van der Waals surface area contributed by atoms with Crippen molar-refractivity contribution in [2.24, 2.45) is 7.05 Å². The summed E-state index contributed by atoms with van der Waals surface area (Å²) in [4.78, 5) is 30.6. The Morgan fingerprint density at radius 1 is 1.27 bits per heavy atom. The van der Waals surface area contributed by atoms with Gasteiger partial charge >= 0.3 is 11.8 Å². The average Bonchev–Trinajstić information content (AvgIpc) is 2.99. The zero-order chi connectivity index (χ0) is 21.4. The third-order valence-corrected chi connectivity index (χ3v) is 5.58. The van der Waals surface area contributed by atoms with Crippen molar-refractivity contribution in [3.63, 3.8) is 0 Å². The van der Waals surface area contributed by atoms with E-state index in [1.807, 2.05) is 6.92 Å². The fourth-order valence-corrected chi connectivity index (χ4v) is 3.99. The van der Waals surface area contributed by atoms with E-state index in [1.54, 1.807) is 53.8 Å². The van der Waals surface area contributed by atoms with Crippen molar-refractivity contribution in [1.82, 2.24) is 14.1 Å². The topological polar surface area (TPSA) is 98.8 Å². The Labute approximate surface area is 173 Å². The highest BCUT2D eigenvalue weighted by molar-refractivity contribution is 5.96. The fourth-order valence-electron chi connectivity index (χ4n) is 3.99. The molecule has 0 spiro atoms. The van der Waals surface area contributed by atoms with Crippen LogP contribution in [0.2, 0.25) is 0 Å². The lowest BCUT2D eigenvalue weighted by Gasteiger charge is -2.24. The van der Waals surface area contributed by atoms with Gasteiger partial charge in [0.1, 0.15) is 11.6 Å². The molecule has 158 valence electrons. The van der Waals surface area contributed by atoms with E-state index in [9.17, 15) is 14.7 Å². The van der Waals surface area contributed by atoms with Gasteiger partial charge in [0, 0.05) is 32.4 Å². The molecule has 1 fully saturated rings. The number of hydrogen-bond acceptors (Lipinski definition) is 5. The second-order valence-electron chi connectivity index (χ2n) is 7.36. The zero-order valence-corrected chi connectivity index (χ0v) is 17.2. The second kappa shape index (κ2) is 7.83. The number of nitrogens with zero attached hydrogens (tertiary/aromatic N) is 4. The van der Waals surface area contributed by atoms with Crippen LogP contribution in [0.3, 0.4) is 0 Å². The van der Waals surface area contributed by atoms with Crippen LogP contribution in [0.5, 0.6) is 5.75 Å². The standard InChI is InChI=1S/C21H24N4O5/c1-13-10-15(29-3)4-5-16(13)25(21(27)28)19-11-17-18(12-22-19)23(2)20(26)24(17)14-6-8-30-9-7-14/h4-5,10-12,14H,6-9H2,1-3H3,(H,27,28). The Kier molecular flexibility index (Phi) is 5.21. The number of carbonyl (C=O) groups is 1. The maximum Gasteiger partial charge on any atom is 0.417 e. The summed E-state index contributed by atoms with van der Waals surface area (Å²) in [5, 5.41) is 9.95. The molecule has 3 heterocycles. The first kappa shape index (κ1) is 20.0. The van der Waals surface area contributed by atoms with Gasteiger partial charge in [0.25, 0.3) is 0 Å². The van der Waals surface area contributed by atoms with Gasteiger partial charge in [-0.15, -0.1) is 0 Å². The van der Waals surface area contributed by atoms with Crippen LogP contribution in [-0.2, 0) is 11.8 Å². The van der Waals surface area contributed by atoms with Gasteiger partial charge in [0.15, 0.2) is 0 Å². The molecular weight excluding hydrogens is 388 g/mol. The van der Waals surface area contributed by atoms with E-state index < -0.39 is 6.09 Å². The summed E-state index contributed by atoms with van der Waals surface area (Å²) in [5.74, 6) is 0.871. The van der Waals surface area contributed by atoms with E-state index >= 15 is 0 Å². The van der Waals surface area contributed by atoms with Crippen molar-refractivity contribution in [1.29, 1.82) is 0 Å². The quantitative estimate of drug-likeness (QED) is 0.706. The number of carboxylic acid groups (broad SMARTS) is 1. The van der Waals surface area contributed by atoms with Crippen molar-refractivity contribution in [2.45, 2.75) is 25.8 Å². The van der Waals surface area contributed by atoms with Gasteiger partial charge in [0.2, 0.25) is 0 Å². The molecule has 2 aromatic heterocycles. The first-order valence-corrected chi connectivity index (χ1v) is 9.74. The van der Waals surface area contributed by atoms with Gasteiger partial charge in [-0.1, -0.05) is 0 Å². The van der Waals surface area contributed by atoms with E-state index in [-0.39, 0.29) is 17.5 Å². The summed E-state index contributed by atoms with van der Waals surface area (Å²) in [6.45, 7) is 3.00. The number of aryl methyl sites for hydroxylation is 2. The molecule has 9 heteroatoms. The molecule has 0 radical (unpaired) electrons. The molecule has 1 aliphatic rings. The minimum atomic E-state index is -1.16. The largest absolute Gasteiger partial charge is 0.497 e. The lowest BCUT2D eigenvalue weighted by atomic mass is 10.1. The smallest absolute Gasteiger partial charge is 0.417 e. The number of ether oxygens (including phenoxy) is 2. The number of aromatic nitrogens is 3. The number of imidazole rings is 1. The van der Waals surface area contributed by atoms with E-state index in [0.29, 0.717) is 35.7 Å². The number of pyridine rings is 1. The summed E-state index contributed by atoms with van der Waals surface area (Å²) in [5.41, 5.74) is 2.39. The molecular formula is C21H24N4O5. The number of anilines is 2. The first-order chi connectivity index (χ1) is 14.4. The van der Waals surface area contributed by atoms with E-state index in [2.05, 4.69) is 4.98 Å². The number of hydrogen-bond donors (Lipinski definition) is 1. The predicted octanol–water partition coefficient (Wildman–Crippen LogP) is 3.22. The zero-order valence-electron chi connectivity index (χ0n) is 17.2. The molecule has 1 saturated heterocycles. The van der Waals surface area contributed by atoms with Gasteiger partial charge in [-0.25, -0.2) is 19.5 Å². The van der Waals surface area contributed by atoms with Crippen LogP contribution in [0.25, 0.3) is 11.0 Å². The third kappa shape index (κ3) is 3.30. The van der Waals surface area contributed by atoms with Crippen molar-refractivity contribution in [3.8, 4) is 5.75 Å². The molecule has 0 atom stereocenters. The summed E-state index contributed by atoms with van der Waals surface area (Å²) >= 11 is 0. The molecule has 4 rings (SSSR count). The summed E-state index contributed by atoms with van der Waals surface area (Å²) < 4.78 is 13.9. The first-order valence-electron chi connectivity index (χ1n) is 9.74. The average molecular weight is 412 g/mol. The lowest BCUT2D eigenvalue weighted by Crippen LogP contribution is -2.29. The Bertz CT molecular complexity index is 1160. The minimum Gasteiger partial charge on any atom is -0.497 e. The highest BCUT2D eigenvalue weighted by Gasteiger charge is 2.25. The molecule has 1 aromatic carbocycles. The van der Waals surface area contributed by atoms with Gasteiger partial charge in [-0.3, -0.25) is 9.13 Å². The predicted molar refractivity (Wildman–Crippen MR) is 112 cm³/mol. The Balaban J connectivity index is 1.87. The molecule has 0 aliphatic carbocycles. The Morgan fingerprint density at radius 2 is 2.00 bits per heavy atom. The Morgan fingerprint density at radius 3 is 2.63 bits per heavy atom. The van der Waals surface area contributed by atoms with Gasteiger partial charge < -0.3 is 14.6 Å². The molecule has 1 amide bonds. The number of benzene rings is 1. The third-order valence-electron chi connectivity index (χ3n) is 5.58. The van der Waals surface area contributed by atoms with Gasteiger partial charge in [-0.05, 0) is 43.5 Å². The lowest BCUT2D eigenvalue weighted by molar-refractivity contribution is 0.0696. The highest BCUT2D eigenvalue weighted by Crippen LogP contribution is 2.32.